The molecular formula is C32H39N5O2. The van der Waals surface area contributed by atoms with Crippen molar-refractivity contribution in [3.8, 4) is 0 Å². The number of amides is 2. The Bertz CT molecular complexity index is 1280. The molecule has 0 radical (unpaired) electrons. The molecule has 2 saturated heterocycles. The summed E-state index contributed by atoms with van der Waals surface area (Å²) in [5.41, 5.74) is 4.02. The van der Waals surface area contributed by atoms with Crippen LogP contribution in [0.25, 0.3) is 0 Å². The summed E-state index contributed by atoms with van der Waals surface area (Å²) in [4.78, 5) is 37.4. The first kappa shape index (κ1) is 26.9. The normalized spacial score (nSPS) is 16.9. The molecular weight excluding hydrogens is 486 g/mol. The molecule has 7 heteroatoms. The molecule has 1 N–H and O–H groups in total. The molecule has 0 bridgehead atoms. The van der Waals surface area contributed by atoms with Gasteiger partial charge < -0.3 is 20.0 Å². The predicted molar refractivity (Wildman–Crippen MR) is 157 cm³/mol. The number of rotatable bonds is 6. The lowest BCUT2D eigenvalue weighted by molar-refractivity contribution is 0.0712. The van der Waals surface area contributed by atoms with E-state index in [1.54, 1.807) is 12.3 Å². The maximum atomic E-state index is 13.3. The number of carbonyl (C=O) groups is 2. The number of piperidine rings is 2. The second-order valence-corrected chi connectivity index (χ2v) is 11.0. The van der Waals surface area contributed by atoms with E-state index in [0.29, 0.717) is 28.8 Å². The third-order valence-electron chi connectivity index (χ3n) is 8.31. The number of nitrogens with zero attached hydrogens (tertiary/aromatic N) is 4. The largest absolute Gasteiger partial charge is 0.357 e. The highest BCUT2D eigenvalue weighted by Crippen LogP contribution is 2.29. The van der Waals surface area contributed by atoms with Crippen LogP contribution < -0.4 is 10.2 Å². The smallest absolute Gasteiger partial charge is 0.257 e. The molecule has 7 nitrogen and oxygen atoms in total. The molecule has 0 atom stereocenters. The summed E-state index contributed by atoms with van der Waals surface area (Å²) in [5, 5.41) is 3.00. The van der Waals surface area contributed by atoms with Gasteiger partial charge in [-0.1, -0.05) is 36.4 Å². The molecule has 204 valence electrons. The summed E-state index contributed by atoms with van der Waals surface area (Å²) in [5.74, 6) is 1.19. The average Bonchev–Trinajstić information content (AvgIpc) is 2.98. The number of aromatic nitrogens is 1. The Kier molecular flexibility index (Phi) is 8.27. The quantitative estimate of drug-likeness (QED) is 0.480. The van der Waals surface area contributed by atoms with Crippen LogP contribution in [0.5, 0.6) is 0 Å². The van der Waals surface area contributed by atoms with Gasteiger partial charge in [-0.15, -0.1) is 0 Å². The molecule has 2 fully saturated rings. The van der Waals surface area contributed by atoms with Gasteiger partial charge in [-0.2, -0.15) is 0 Å². The van der Waals surface area contributed by atoms with Crippen LogP contribution in [0.1, 0.15) is 63.4 Å². The number of pyridine rings is 1. The first-order valence-corrected chi connectivity index (χ1v) is 14.0. The monoisotopic (exact) mass is 525 g/mol. The number of aryl methyl sites for hydroxylation is 1. The van der Waals surface area contributed by atoms with Gasteiger partial charge in [-0.05, 0) is 88.0 Å². The van der Waals surface area contributed by atoms with Crippen LogP contribution in [-0.4, -0.2) is 72.9 Å². The maximum absolute atomic E-state index is 13.3. The fourth-order valence-electron chi connectivity index (χ4n) is 5.73. The Morgan fingerprint density at radius 3 is 2.21 bits per heavy atom. The van der Waals surface area contributed by atoms with Crippen molar-refractivity contribution in [1.82, 2.24) is 14.8 Å². The molecule has 0 unspecified atom stereocenters. The van der Waals surface area contributed by atoms with Crippen molar-refractivity contribution < 1.29 is 9.59 Å². The second kappa shape index (κ2) is 12.0. The standard InChI is InChI=1S/C32H39N5O2/c1-23-9-10-26(32(39)37-17-13-25(14-18-37)24-7-5-4-6-8-24)21-29(23)34-31(38)27-11-12-30(33-22-27)36-19-15-28(16-20-36)35(2)3/h4-12,21-22,25,28H,13-20H2,1-3H3,(H,34,38). The van der Waals surface area contributed by atoms with Crippen molar-refractivity contribution in [2.75, 3.05) is 50.5 Å². The van der Waals surface area contributed by atoms with E-state index >= 15 is 0 Å². The van der Waals surface area contributed by atoms with Crippen LogP contribution >= 0.6 is 0 Å². The molecule has 1 aromatic heterocycles. The Labute approximate surface area is 231 Å². The van der Waals surface area contributed by atoms with Gasteiger partial charge in [0.1, 0.15) is 5.82 Å². The van der Waals surface area contributed by atoms with Crippen molar-refractivity contribution >= 4 is 23.3 Å². The van der Waals surface area contributed by atoms with Crippen molar-refractivity contribution in [1.29, 1.82) is 0 Å². The SMILES string of the molecule is Cc1ccc(C(=O)N2CCC(c3ccccc3)CC2)cc1NC(=O)c1ccc(N2CCC(N(C)C)CC2)nc1. The molecule has 2 aromatic carbocycles. The molecule has 0 aliphatic carbocycles. The Balaban J connectivity index is 1.19. The van der Waals surface area contributed by atoms with Crippen LogP contribution in [0.4, 0.5) is 11.5 Å². The molecule has 39 heavy (non-hydrogen) atoms. The fraction of sp³-hybridized carbons (Fsp3) is 0.406. The van der Waals surface area contributed by atoms with Gasteiger partial charge in [0.2, 0.25) is 0 Å². The lowest BCUT2D eigenvalue weighted by Crippen LogP contribution is -2.42. The zero-order valence-electron chi connectivity index (χ0n) is 23.3. The van der Waals surface area contributed by atoms with Crippen LogP contribution in [0.3, 0.4) is 0 Å². The summed E-state index contributed by atoms with van der Waals surface area (Å²) in [7, 11) is 4.27. The molecule has 2 amide bonds. The predicted octanol–water partition coefficient (Wildman–Crippen LogP) is 5.19. The highest BCUT2D eigenvalue weighted by atomic mass is 16.2. The van der Waals surface area contributed by atoms with Gasteiger partial charge in [0, 0.05) is 49.7 Å². The highest BCUT2D eigenvalue weighted by Gasteiger charge is 2.25. The van der Waals surface area contributed by atoms with E-state index in [1.165, 1.54) is 5.56 Å². The maximum Gasteiger partial charge on any atom is 0.257 e. The van der Waals surface area contributed by atoms with Crippen molar-refractivity contribution in [3.63, 3.8) is 0 Å². The molecule has 0 spiro atoms. The van der Waals surface area contributed by atoms with E-state index in [4.69, 9.17) is 0 Å². The van der Waals surface area contributed by atoms with E-state index in [-0.39, 0.29) is 11.8 Å². The minimum atomic E-state index is -0.225. The summed E-state index contributed by atoms with van der Waals surface area (Å²) < 4.78 is 0. The fourth-order valence-corrected chi connectivity index (χ4v) is 5.73. The first-order valence-electron chi connectivity index (χ1n) is 14.0. The van der Waals surface area contributed by atoms with E-state index < -0.39 is 0 Å². The number of likely N-dealkylation sites (tertiary alicyclic amines) is 1. The van der Waals surface area contributed by atoms with E-state index in [1.807, 2.05) is 42.2 Å². The van der Waals surface area contributed by atoms with Gasteiger partial charge in [0.15, 0.2) is 0 Å². The van der Waals surface area contributed by atoms with Crippen molar-refractivity contribution in [2.45, 2.75) is 44.6 Å². The van der Waals surface area contributed by atoms with Crippen LogP contribution in [0, 0.1) is 6.92 Å². The molecule has 2 aliphatic rings. The molecule has 3 heterocycles. The third kappa shape index (κ3) is 6.31. The number of anilines is 2. The zero-order chi connectivity index (χ0) is 27.4. The van der Waals surface area contributed by atoms with Gasteiger partial charge in [-0.3, -0.25) is 9.59 Å². The van der Waals surface area contributed by atoms with Gasteiger partial charge in [-0.25, -0.2) is 4.98 Å². The lowest BCUT2D eigenvalue weighted by atomic mass is 9.89. The van der Waals surface area contributed by atoms with Crippen molar-refractivity contribution in [3.05, 3.63) is 89.1 Å². The van der Waals surface area contributed by atoms with Crippen LogP contribution in [0.15, 0.2) is 66.9 Å². The zero-order valence-corrected chi connectivity index (χ0v) is 23.3. The number of carbonyl (C=O) groups excluding carboxylic acids is 2. The van der Waals surface area contributed by atoms with Gasteiger partial charge in [0.25, 0.3) is 11.8 Å². The van der Waals surface area contributed by atoms with E-state index in [9.17, 15) is 9.59 Å². The van der Waals surface area contributed by atoms with Gasteiger partial charge in [0.05, 0.1) is 5.56 Å². The molecule has 3 aromatic rings. The van der Waals surface area contributed by atoms with Crippen LogP contribution in [-0.2, 0) is 0 Å². The number of hydrogen-bond donors (Lipinski definition) is 1. The van der Waals surface area contributed by atoms with Crippen molar-refractivity contribution in [2.24, 2.45) is 0 Å². The van der Waals surface area contributed by atoms with Crippen LogP contribution in [0.2, 0.25) is 0 Å². The first-order chi connectivity index (χ1) is 18.9. The highest BCUT2D eigenvalue weighted by molar-refractivity contribution is 6.05. The Hall–Kier alpha value is -3.71. The minimum Gasteiger partial charge on any atom is -0.357 e. The summed E-state index contributed by atoms with van der Waals surface area (Å²) in [6, 6.07) is 20.5. The average molecular weight is 526 g/mol. The Morgan fingerprint density at radius 1 is 0.872 bits per heavy atom. The lowest BCUT2D eigenvalue weighted by Gasteiger charge is -2.35. The molecule has 5 rings (SSSR count). The topological polar surface area (TPSA) is 68.8 Å². The van der Waals surface area contributed by atoms with E-state index in [2.05, 4.69) is 58.5 Å². The number of hydrogen-bond acceptors (Lipinski definition) is 5. The Morgan fingerprint density at radius 2 is 1.56 bits per heavy atom. The van der Waals surface area contributed by atoms with Gasteiger partial charge >= 0.3 is 0 Å². The second-order valence-electron chi connectivity index (χ2n) is 11.0. The number of benzene rings is 2. The van der Waals surface area contributed by atoms with E-state index in [0.717, 1.165) is 63.2 Å². The summed E-state index contributed by atoms with van der Waals surface area (Å²) in [6.07, 6.45) is 5.78. The summed E-state index contributed by atoms with van der Waals surface area (Å²) in [6.45, 7) is 5.34. The molecule has 2 aliphatic heterocycles. The molecule has 0 saturated carbocycles. The minimum absolute atomic E-state index is 0.0149. The third-order valence-corrected chi connectivity index (χ3v) is 8.31. The summed E-state index contributed by atoms with van der Waals surface area (Å²) >= 11 is 0. The number of nitrogens with one attached hydrogen (secondary N) is 1.